The Morgan fingerprint density at radius 3 is 1.40 bits per heavy atom. The fraction of sp³-hybridized carbons (Fsp3) is 0. The van der Waals surface area contributed by atoms with E-state index in [9.17, 15) is 0 Å². The maximum atomic E-state index is 8.59. The fourth-order valence-corrected chi connectivity index (χ4v) is 0. The Morgan fingerprint density at radius 2 is 1.40 bits per heavy atom. The largest absolute Gasteiger partial charge is 0.288 e. The van der Waals surface area contributed by atoms with Crippen LogP contribution in [0.2, 0.25) is 0 Å². The molecule has 3 nitrogen and oxygen atoms in total. The Kier molecular flexibility index (Phi) is 8.84. The van der Waals surface area contributed by atoms with E-state index in [1.165, 1.54) is 0 Å². The zero-order chi connectivity index (χ0) is 3.58. The molecule has 0 aliphatic carbocycles. The maximum Gasteiger partial charge on any atom is 0.254 e. The van der Waals surface area contributed by atoms with Crippen molar-refractivity contribution in [3.8, 4) is 0 Å². The molecule has 0 atom stereocenters. The van der Waals surface area contributed by atoms with Crippen molar-refractivity contribution < 1.29 is 38.8 Å². The second-order valence-electron chi connectivity index (χ2n) is 0.238. The molecule has 0 heterocycles. The number of hydrogen-bond acceptors (Lipinski definition) is 2. The minimum Gasteiger partial charge on any atom is -0.288 e. The van der Waals surface area contributed by atoms with Crippen molar-refractivity contribution in [2.24, 2.45) is 0 Å². The molecule has 0 spiro atoms. The van der Waals surface area contributed by atoms with Crippen LogP contribution in [0.25, 0.3) is 0 Å². The summed E-state index contributed by atoms with van der Waals surface area (Å²) in [5.74, 6) is 0. The first-order valence-electron chi connectivity index (χ1n) is 0.565. The summed E-state index contributed by atoms with van der Waals surface area (Å²) < 4.78 is 24.2. The van der Waals surface area contributed by atoms with Crippen molar-refractivity contribution in [3.05, 3.63) is 0 Å². The molecule has 0 aliphatic rings. The minimum absolute atomic E-state index is 0. The van der Waals surface area contributed by atoms with Crippen LogP contribution in [0.4, 0.5) is 0 Å². The van der Waals surface area contributed by atoms with Crippen LogP contribution in [0.3, 0.4) is 0 Å². The second kappa shape index (κ2) is 4.78. The van der Waals surface area contributed by atoms with E-state index in [2.05, 4.69) is 0 Å². The van der Waals surface area contributed by atoms with Crippen molar-refractivity contribution in [1.29, 1.82) is 0 Å². The van der Waals surface area contributed by atoms with Crippen LogP contribution >= 0.6 is 0 Å². The zero-order valence-corrected chi connectivity index (χ0v) is 4.99. The topological polar surface area (TPSA) is 54.4 Å². The summed E-state index contributed by atoms with van der Waals surface area (Å²) in [4.78, 5) is 0. The molecule has 0 saturated heterocycles. The van der Waals surface area contributed by atoms with Gasteiger partial charge in [0.05, 0.1) is 0 Å². The van der Waals surface area contributed by atoms with Gasteiger partial charge in [0.1, 0.15) is 0 Å². The number of hydrogen-bond donors (Lipinski definition) is 2. The summed E-state index contributed by atoms with van der Waals surface area (Å²) in [6.07, 6.45) is 0. The molecule has 5 heavy (non-hydrogen) atoms. The van der Waals surface area contributed by atoms with E-state index in [4.69, 9.17) is 13.0 Å². The van der Waals surface area contributed by atoms with Crippen LogP contribution in [-0.2, 0) is 36.8 Å². The number of thiol groups is 1. The van der Waals surface area contributed by atoms with Gasteiger partial charge in [-0.15, -0.1) is 0 Å². The van der Waals surface area contributed by atoms with E-state index in [0.29, 0.717) is 0 Å². The average Bonchev–Trinajstić information content (AvgIpc) is 0.811. The van der Waals surface area contributed by atoms with E-state index < -0.39 is 11.0 Å². The van der Waals surface area contributed by atoms with Gasteiger partial charge in [-0.05, 0) is 0 Å². The van der Waals surface area contributed by atoms with Crippen molar-refractivity contribution in [2.75, 3.05) is 0 Å². The van der Waals surface area contributed by atoms with E-state index in [1.807, 2.05) is 0 Å². The van der Waals surface area contributed by atoms with Crippen LogP contribution in [0, 0.1) is 0 Å². The molecule has 0 saturated carbocycles. The molecule has 29 valence electrons. The van der Waals surface area contributed by atoms with Crippen LogP contribution in [0.1, 0.15) is 0 Å². The van der Waals surface area contributed by atoms with Crippen molar-refractivity contribution in [2.45, 2.75) is 0 Å². The average molecular weight is 127 g/mol. The van der Waals surface area contributed by atoms with Gasteiger partial charge in [-0.1, -0.05) is 0 Å². The third-order valence-corrected chi connectivity index (χ3v) is 0. The molecule has 0 aromatic heterocycles. The summed E-state index contributed by atoms with van der Waals surface area (Å²) in [7, 11) is -3.12. The smallest absolute Gasteiger partial charge is 0.254 e. The molecule has 5 heteroatoms. The predicted octanol–water partition coefficient (Wildman–Crippen LogP) is -0.932. The zero-order valence-electron chi connectivity index (χ0n) is 2.29. The Labute approximate surface area is 49.9 Å². The molecule has 1 N–H and O–H groups in total. The first kappa shape index (κ1) is 9.24. The van der Waals surface area contributed by atoms with Crippen molar-refractivity contribution in [3.63, 3.8) is 0 Å². The summed E-state index contributed by atoms with van der Waals surface area (Å²) in [6, 6.07) is 0. The molecule has 0 aliphatic heterocycles. The molecule has 0 unspecified atom stereocenters. The quantitative estimate of drug-likeness (QED) is 0.326. The van der Waals surface area contributed by atoms with Crippen LogP contribution in [-0.4, -0.2) is 13.0 Å². The third kappa shape index (κ3) is 60.7. The van der Waals surface area contributed by atoms with Gasteiger partial charge in [-0.2, -0.15) is 0 Å². The molecular weight excluding hydrogens is 125 g/mol. The molecule has 1 radical (unpaired) electrons. The third-order valence-electron chi connectivity index (χ3n) is 0. The standard InChI is InChI=1S/H2O3S.Sc/c1-4(2)3;/h4H,(H,1,2,3);. The first-order valence-corrected chi connectivity index (χ1v) is 1.70. The van der Waals surface area contributed by atoms with Crippen LogP contribution in [0.15, 0.2) is 0 Å². The van der Waals surface area contributed by atoms with Gasteiger partial charge < -0.3 is 0 Å². The molecule has 0 aromatic rings. The second-order valence-corrected chi connectivity index (χ2v) is 0.714. The van der Waals surface area contributed by atoms with Crippen molar-refractivity contribution >= 4 is 11.0 Å². The molecule has 0 aromatic carbocycles. The van der Waals surface area contributed by atoms with Gasteiger partial charge in [0.15, 0.2) is 0 Å². The molecule has 0 amide bonds. The molecule has 0 fully saturated rings. The van der Waals surface area contributed by atoms with Gasteiger partial charge in [-0.3, -0.25) is 4.55 Å². The van der Waals surface area contributed by atoms with E-state index in [0.717, 1.165) is 0 Å². The van der Waals surface area contributed by atoms with E-state index >= 15 is 0 Å². The SMILES string of the molecule is O=[SH](=O)O.[Sc]. The van der Waals surface area contributed by atoms with Gasteiger partial charge in [0, 0.05) is 25.8 Å². The van der Waals surface area contributed by atoms with Gasteiger partial charge in [0.2, 0.25) is 0 Å². The van der Waals surface area contributed by atoms with Gasteiger partial charge in [0.25, 0.3) is 11.0 Å². The van der Waals surface area contributed by atoms with Gasteiger partial charge in [-0.25, -0.2) is 8.42 Å². The molecule has 0 bridgehead atoms. The maximum absolute atomic E-state index is 8.59. The Bertz CT molecular complexity index is 55.3. The Morgan fingerprint density at radius 1 is 1.40 bits per heavy atom. The molecular formula is H2O3SSc. The Hall–Kier alpha value is 0.780. The van der Waals surface area contributed by atoms with Crippen LogP contribution in [0.5, 0.6) is 0 Å². The monoisotopic (exact) mass is 127 g/mol. The van der Waals surface area contributed by atoms with Crippen LogP contribution < -0.4 is 0 Å². The summed E-state index contributed by atoms with van der Waals surface area (Å²) >= 11 is 0. The van der Waals surface area contributed by atoms with E-state index in [-0.39, 0.29) is 25.8 Å². The normalized spacial score (nSPS) is 6.80. The summed E-state index contributed by atoms with van der Waals surface area (Å²) in [6.45, 7) is 0. The first-order chi connectivity index (χ1) is 1.73. The number of rotatable bonds is 0. The Balaban J connectivity index is 0. The van der Waals surface area contributed by atoms with E-state index in [1.54, 1.807) is 0 Å². The predicted molar refractivity (Wildman–Crippen MR) is 12.9 cm³/mol. The summed E-state index contributed by atoms with van der Waals surface area (Å²) in [5.41, 5.74) is 0. The molecule has 0 rings (SSSR count). The summed E-state index contributed by atoms with van der Waals surface area (Å²) in [5, 5.41) is 0. The minimum atomic E-state index is -3.12. The van der Waals surface area contributed by atoms with Gasteiger partial charge >= 0.3 is 0 Å². The fourth-order valence-electron chi connectivity index (χ4n) is 0. The van der Waals surface area contributed by atoms with Crippen molar-refractivity contribution in [1.82, 2.24) is 0 Å².